The molecule has 106 valence electrons. The second-order valence-corrected chi connectivity index (χ2v) is 4.88. The van der Waals surface area contributed by atoms with Gasteiger partial charge < -0.3 is 10.2 Å². The minimum absolute atomic E-state index is 0.0529. The molecule has 2 aromatic heterocycles. The molecular formula is C17H12N4O. The van der Waals surface area contributed by atoms with Gasteiger partial charge in [0.25, 0.3) is 5.89 Å². The number of hydrogen-bond acceptors (Lipinski definition) is 5. The molecule has 0 unspecified atom stereocenters. The number of hydrogen-bond donors (Lipinski definition) is 1. The van der Waals surface area contributed by atoms with Crippen molar-refractivity contribution in [3.05, 3.63) is 60.7 Å². The predicted octanol–water partition coefficient (Wildman–Crippen LogP) is 3.53. The molecule has 5 heteroatoms. The number of rotatable bonds is 2. The van der Waals surface area contributed by atoms with Gasteiger partial charge in [0.1, 0.15) is 0 Å². The first-order chi connectivity index (χ1) is 10.8. The third-order valence-electron chi connectivity index (χ3n) is 3.46. The van der Waals surface area contributed by atoms with Crippen LogP contribution in [0.3, 0.4) is 0 Å². The van der Waals surface area contributed by atoms with E-state index in [1.165, 1.54) is 0 Å². The first kappa shape index (κ1) is 12.5. The summed E-state index contributed by atoms with van der Waals surface area (Å²) in [5.74, 6) is 0.397. The SMILES string of the molecule is Nc1nnc(-c2cc(-c3ccccc3)nc3ccccc23)o1. The fourth-order valence-electron chi connectivity index (χ4n) is 2.45. The zero-order valence-corrected chi connectivity index (χ0v) is 11.6. The summed E-state index contributed by atoms with van der Waals surface area (Å²) in [6.07, 6.45) is 0. The highest BCUT2D eigenvalue weighted by Gasteiger charge is 2.13. The van der Waals surface area contributed by atoms with E-state index in [0.717, 1.165) is 27.7 Å². The third-order valence-corrected chi connectivity index (χ3v) is 3.46. The Kier molecular flexibility index (Phi) is 2.83. The molecule has 4 aromatic rings. The Bertz CT molecular complexity index is 947. The van der Waals surface area contributed by atoms with Gasteiger partial charge in [-0.2, -0.15) is 0 Å². The Morgan fingerprint density at radius 1 is 0.864 bits per heavy atom. The summed E-state index contributed by atoms with van der Waals surface area (Å²) >= 11 is 0. The number of para-hydroxylation sites is 1. The number of nitrogens with two attached hydrogens (primary N) is 1. The normalized spacial score (nSPS) is 10.9. The van der Waals surface area contributed by atoms with Crippen LogP contribution < -0.4 is 5.73 Å². The van der Waals surface area contributed by atoms with Crippen LogP contribution in [0, 0.1) is 0 Å². The van der Waals surface area contributed by atoms with Crippen molar-refractivity contribution < 1.29 is 4.42 Å². The van der Waals surface area contributed by atoms with Crippen LogP contribution in [0.2, 0.25) is 0 Å². The monoisotopic (exact) mass is 288 g/mol. The van der Waals surface area contributed by atoms with Crippen LogP contribution in [-0.4, -0.2) is 15.2 Å². The summed E-state index contributed by atoms with van der Waals surface area (Å²) in [5, 5.41) is 8.69. The lowest BCUT2D eigenvalue weighted by Crippen LogP contribution is -1.89. The quantitative estimate of drug-likeness (QED) is 0.610. The standard InChI is InChI=1S/C17H12N4O/c18-17-21-20-16(22-17)13-10-15(11-6-2-1-3-7-11)19-14-9-5-4-8-12(13)14/h1-10H,(H2,18,21). The smallest absolute Gasteiger partial charge is 0.313 e. The average Bonchev–Trinajstić information content (AvgIpc) is 3.01. The Morgan fingerprint density at radius 2 is 1.64 bits per heavy atom. The van der Waals surface area contributed by atoms with Crippen molar-refractivity contribution in [3.63, 3.8) is 0 Å². The van der Waals surface area contributed by atoms with Crippen LogP contribution in [0.4, 0.5) is 6.01 Å². The summed E-state index contributed by atoms with van der Waals surface area (Å²) in [5.41, 5.74) is 9.13. The van der Waals surface area contributed by atoms with Crippen molar-refractivity contribution in [2.24, 2.45) is 0 Å². The molecule has 0 atom stereocenters. The largest absolute Gasteiger partial charge is 0.404 e. The fourth-order valence-corrected chi connectivity index (χ4v) is 2.45. The molecule has 0 radical (unpaired) electrons. The molecule has 2 aromatic carbocycles. The summed E-state index contributed by atoms with van der Waals surface area (Å²) in [7, 11) is 0. The molecule has 2 N–H and O–H groups in total. The number of anilines is 1. The van der Waals surface area contributed by atoms with Gasteiger partial charge in [-0.05, 0) is 12.1 Å². The molecule has 0 amide bonds. The zero-order valence-electron chi connectivity index (χ0n) is 11.6. The molecule has 0 aliphatic heterocycles. The lowest BCUT2D eigenvalue weighted by Gasteiger charge is -2.07. The van der Waals surface area contributed by atoms with E-state index in [-0.39, 0.29) is 6.01 Å². The Balaban J connectivity index is 2.01. The van der Waals surface area contributed by atoms with Gasteiger partial charge >= 0.3 is 6.01 Å². The Labute approximate surface area is 126 Å². The molecule has 0 saturated carbocycles. The van der Waals surface area contributed by atoms with Crippen LogP contribution in [0.1, 0.15) is 0 Å². The molecule has 0 fully saturated rings. The number of nitrogen functional groups attached to an aromatic ring is 1. The van der Waals surface area contributed by atoms with E-state index in [9.17, 15) is 0 Å². The lowest BCUT2D eigenvalue weighted by molar-refractivity contribution is 0.591. The number of fused-ring (bicyclic) bond motifs is 1. The fraction of sp³-hybridized carbons (Fsp3) is 0. The summed E-state index contributed by atoms with van der Waals surface area (Å²) in [6, 6.07) is 19.8. The van der Waals surface area contributed by atoms with Gasteiger partial charge in [-0.3, -0.25) is 0 Å². The van der Waals surface area contributed by atoms with Crippen molar-refractivity contribution in [2.45, 2.75) is 0 Å². The molecule has 4 rings (SSSR count). The van der Waals surface area contributed by atoms with Crippen LogP contribution in [0.25, 0.3) is 33.6 Å². The van der Waals surface area contributed by atoms with E-state index in [2.05, 4.69) is 10.2 Å². The van der Waals surface area contributed by atoms with Crippen LogP contribution >= 0.6 is 0 Å². The van der Waals surface area contributed by atoms with Gasteiger partial charge in [0.2, 0.25) is 0 Å². The number of aromatic nitrogens is 3. The summed E-state index contributed by atoms with van der Waals surface area (Å²) in [6.45, 7) is 0. The maximum Gasteiger partial charge on any atom is 0.313 e. The second-order valence-electron chi connectivity index (χ2n) is 4.88. The van der Waals surface area contributed by atoms with Gasteiger partial charge in [-0.1, -0.05) is 53.6 Å². The molecule has 0 spiro atoms. The first-order valence-corrected chi connectivity index (χ1v) is 6.86. The van der Waals surface area contributed by atoms with Crippen molar-refractivity contribution in [1.82, 2.24) is 15.2 Å². The average molecular weight is 288 g/mol. The highest BCUT2D eigenvalue weighted by atomic mass is 16.4. The first-order valence-electron chi connectivity index (χ1n) is 6.86. The predicted molar refractivity (Wildman–Crippen MR) is 84.9 cm³/mol. The van der Waals surface area contributed by atoms with E-state index in [4.69, 9.17) is 15.1 Å². The van der Waals surface area contributed by atoms with Crippen LogP contribution in [0.15, 0.2) is 65.1 Å². The van der Waals surface area contributed by atoms with Crippen LogP contribution in [0.5, 0.6) is 0 Å². The molecule has 2 heterocycles. The van der Waals surface area contributed by atoms with E-state index < -0.39 is 0 Å². The second kappa shape index (κ2) is 4.96. The minimum Gasteiger partial charge on any atom is -0.404 e. The van der Waals surface area contributed by atoms with Gasteiger partial charge in [0, 0.05) is 10.9 Å². The summed E-state index contributed by atoms with van der Waals surface area (Å²) in [4.78, 5) is 4.72. The minimum atomic E-state index is 0.0529. The maximum atomic E-state index is 5.55. The van der Waals surface area contributed by atoms with E-state index in [1.54, 1.807) is 0 Å². The molecule has 0 aliphatic rings. The van der Waals surface area contributed by atoms with Crippen LogP contribution in [-0.2, 0) is 0 Å². The Hall–Kier alpha value is -3.21. The van der Waals surface area contributed by atoms with E-state index in [0.29, 0.717) is 5.89 Å². The number of benzene rings is 2. The van der Waals surface area contributed by atoms with Crippen molar-refractivity contribution >= 4 is 16.9 Å². The summed E-state index contributed by atoms with van der Waals surface area (Å²) < 4.78 is 5.40. The molecule has 0 bridgehead atoms. The highest BCUT2D eigenvalue weighted by Crippen LogP contribution is 2.31. The third kappa shape index (κ3) is 2.09. The molecule has 5 nitrogen and oxygen atoms in total. The Morgan fingerprint density at radius 3 is 2.41 bits per heavy atom. The molecule has 22 heavy (non-hydrogen) atoms. The number of pyridine rings is 1. The van der Waals surface area contributed by atoms with Gasteiger partial charge in [0.15, 0.2) is 0 Å². The van der Waals surface area contributed by atoms with Crippen molar-refractivity contribution in [3.8, 4) is 22.7 Å². The highest BCUT2D eigenvalue weighted by molar-refractivity contribution is 5.94. The topological polar surface area (TPSA) is 77.8 Å². The van der Waals surface area contributed by atoms with Gasteiger partial charge in [0.05, 0.1) is 16.8 Å². The van der Waals surface area contributed by atoms with E-state index in [1.807, 2.05) is 60.7 Å². The van der Waals surface area contributed by atoms with Gasteiger partial charge in [-0.25, -0.2) is 4.98 Å². The molecular weight excluding hydrogens is 276 g/mol. The van der Waals surface area contributed by atoms with Crippen molar-refractivity contribution in [2.75, 3.05) is 5.73 Å². The molecule has 0 aliphatic carbocycles. The zero-order chi connectivity index (χ0) is 14.9. The van der Waals surface area contributed by atoms with E-state index >= 15 is 0 Å². The van der Waals surface area contributed by atoms with Crippen molar-refractivity contribution in [1.29, 1.82) is 0 Å². The van der Waals surface area contributed by atoms with Gasteiger partial charge in [-0.15, -0.1) is 5.10 Å². The molecule has 0 saturated heterocycles. The maximum absolute atomic E-state index is 5.55. The number of nitrogens with zero attached hydrogens (tertiary/aromatic N) is 3. The lowest BCUT2D eigenvalue weighted by atomic mass is 10.0.